The zero-order chi connectivity index (χ0) is 14.4. The Kier molecular flexibility index (Phi) is 6.05. The summed E-state index contributed by atoms with van der Waals surface area (Å²) >= 11 is 1.70. The van der Waals surface area contributed by atoms with Gasteiger partial charge in [0.05, 0.1) is 13.5 Å². The van der Waals surface area contributed by atoms with Gasteiger partial charge in [0.1, 0.15) is 0 Å². The molecule has 20 heavy (non-hydrogen) atoms. The van der Waals surface area contributed by atoms with Gasteiger partial charge in [0.2, 0.25) is 0 Å². The third-order valence-electron chi connectivity index (χ3n) is 4.04. The van der Waals surface area contributed by atoms with E-state index in [0.29, 0.717) is 6.42 Å². The summed E-state index contributed by atoms with van der Waals surface area (Å²) in [5.41, 5.74) is 0. The largest absolute Gasteiger partial charge is 0.469 e. The number of ether oxygens (including phenoxy) is 1. The molecule has 2 rings (SSSR count). The molecule has 1 aliphatic rings. The fourth-order valence-electron chi connectivity index (χ4n) is 2.97. The number of esters is 1. The van der Waals surface area contributed by atoms with Crippen molar-refractivity contribution in [1.82, 2.24) is 5.32 Å². The van der Waals surface area contributed by atoms with Gasteiger partial charge in [-0.2, -0.15) is 0 Å². The fraction of sp³-hybridized carbons (Fsp3) is 0.688. The van der Waals surface area contributed by atoms with Crippen LogP contribution >= 0.6 is 11.3 Å². The lowest BCUT2D eigenvalue weighted by molar-refractivity contribution is -0.139. The number of nitrogens with one attached hydrogen (secondary N) is 1. The van der Waals surface area contributed by atoms with E-state index in [1.165, 1.54) is 37.7 Å². The van der Waals surface area contributed by atoms with Crippen LogP contribution < -0.4 is 5.32 Å². The van der Waals surface area contributed by atoms with Crippen molar-refractivity contribution in [3.8, 4) is 0 Å². The predicted molar refractivity (Wildman–Crippen MR) is 82.9 cm³/mol. The number of thiophene rings is 1. The van der Waals surface area contributed by atoms with Crippen LogP contribution in [0.15, 0.2) is 12.1 Å². The molecular formula is C16H25NO2S. The van der Waals surface area contributed by atoms with Crippen LogP contribution in [0.1, 0.15) is 42.4 Å². The molecule has 1 N–H and O–H groups in total. The predicted octanol–water partition coefficient (Wildman–Crippen LogP) is 3.38. The molecule has 1 fully saturated rings. The fourth-order valence-corrected chi connectivity index (χ4v) is 3.94. The summed E-state index contributed by atoms with van der Waals surface area (Å²) in [6, 6.07) is 4.14. The molecule has 1 heterocycles. The highest BCUT2D eigenvalue weighted by molar-refractivity contribution is 7.12. The highest BCUT2D eigenvalue weighted by atomic mass is 32.1. The average molecular weight is 295 g/mol. The van der Waals surface area contributed by atoms with Crippen molar-refractivity contribution >= 4 is 17.3 Å². The van der Waals surface area contributed by atoms with E-state index in [0.717, 1.165) is 29.8 Å². The van der Waals surface area contributed by atoms with E-state index in [2.05, 4.69) is 23.0 Å². The van der Waals surface area contributed by atoms with Crippen LogP contribution in [0.3, 0.4) is 0 Å². The maximum absolute atomic E-state index is 11.2. The van der Waals surface area contributed by atoms with Crippen LogP contribution in [0.25, 0.3) is 0 Å². The van der Waals surface area contributed by atoms with Crippen molar-refractivity contribution in [2.75, 3.05) is 13.7 Å². The molecule has 0 amide bonds. The topological polar surface area (TPSA) is 38.3 Å². The van der Waals surface area contributed by atoms with Crippen molar-refractivity contribution < 1.29 is 9.53 Å². The first-order chi connectivity index (χ1) is 9.67. The van der Waals surface area contributed by atoms with E-state index in [1.54, 1.807) is 11.3 Å². The Labute approximate surface area is 125 Å². The van der Waals surface area contributed by atoms with Crippen molar-refractivity contribution in [3.05, 3.63) is 21.9 Å². The van der Waals surface area contributed by atoms with Crippen molar-refractivity contribution in [1.29, 1.82) is 0 Å². The Hall–Kier alpha value is -0.870. The highest BCUT2D eigenvalue weighted by Gasteiger charge is 2.18. The molecule has 2 atom stereocenters. The number of hydrogen-bond donors (Lipinski definition) is 1. The summed E-state index contributed by atoms with van der Waals surface area (Å²) in [6.45, 7) is 4.40. The number of rotatable bonds is 6. The summed E-state index contributed by atoms with van der Waals surface area (Å²) in [6.07, 6.45) is 5.91. The molecule has 0 aromatic carbocycles. The Morgan fingerprint density at radius 2 is 2.20 bits per heavy atom. The summed E-state index contributed by atoms with van der Waals surface area (Å²) < 4.78 is 4.69. The van der Waals surface area contributed by atoms with Crippen molar-refractivity contribution in [3.63, 3.8) is 0 Å². The Balaban J connectivity index is 1.70. The molecule has 112 valence electrons. The van der Waals surface area contributed by atoms with Crippen LogP contribution in [0, 0.1) is 11.8 Å². The second kappa shape index (κ2) is 7.79. The van der Waals surface area contributed by atoms with Gasteiger partial charge in [-0.1, -0.05) is 19.8 Å². The van der Waals surface area contributed by atoms with Crippen LogP contribution in [0.2, 0.25) is 0 Å². The quantitative estimate of drug-likeness (QED) is 0.818. The van der Waals surface area contributed by atoms with Crippen LogP contribution in [-0.4, -0.2) is 19.6 Å². The summed E-state index contributed by atoms with van der Waals surface area (Å²) in [5.74, 6) is 1.57. The van der Waals surface area contributed by atoms with E-state index >= 15 is 0 Å². The van der Waals surface area contributed by atoms with Crippen molar-refractivity contribution in [2.45, 2.75) is 45.6 Å². The molecular weight excluding hydrogens is 270 g/mol. The lowest BCUT2D eigenvalue weighted by atomic mass is 9.82. The molecule has 0 radical (unpaired) electrons. The van der Waals surface area contributed by atoms with E-state index in [9.17, 15) is 4.79 Å². The zero-order valence-electron chi connectivity index (χ0n) is 12.5. The van der Waals surface area contributed by atoms with Crippen LogP contribution in [0.4, 0.5) is 0 Å². The molecule has 0 aliphatic heterocycles. The minimum atomic E-state index is -0.164. The molecule has 2 unspecified atom stereocenters. The van der Waals surface area contributed by atoms with Gasteiger partial charge in [0.15, 0.2) is 0 Å². The van der Waals surface area contributed by atoms with Gasteiger partial charge < -0.3 is 10.1 Å². The molecule has 4 heteroatoms. The van der Waals surface area contributed by atoms with Gasteiger partial charge in [-0.25, -0.2) is 0 Å². The summed E-state index contributed by atoms with van der Waals surface area (Å²) in [7, 11) is 1.43. The van der Waals surface area contributed by atoms with E-state index < -0.39 is 0 Å². The summed E-state index contributed by atoms with van der Waals surface area (Å²) in [5, 5.41) is 3.57. The molecule has 1 saturated carbocycles. The van der Waals surface area contributed by atoms with E-state index in [-0.39, 0.29) is 5.97 Å². The zero-order valence-corrected chi connectivity index (χ0v) is 13.3. The Morgan fingerprint density at radius 1 is 1.40 bits per heavy atom. The van der Waals surface area contributed by atoms with Gasteiger partial charge in [0.25, 0.3) is 0 Å². The van der Waals surface area contributed by atoms with Crippen LogP contribution in [0.5, 0.6) is 0 Å². The van der Waals surface area contributed by atoms with Gasteiger partial charge >= 0.3 is 5.97 Å². The highest BCUT2D eigenvalue weighted by Crippen LogP contribution is 2.28. The van der Waals surface area contributed by atoms with Crippen molar-refractivity contribution in [2.24, 2.45) is 11.8 Å². The van der Waals surface area contributed by atoms with E-state index in [4.69, 9.17) is 0 Å². The smallest absolute Gasteiger partial charge is 0.310 e. The van der Waals surface area contributed by atoms with Gasteiger partial charge in [-0.05, 0) is 43.4 Å². The van der Waals surface area contributed by atoms with Gasteiger partial charge in [0, 0.05) is 16.3 Å². The second-order valence-corrected chi connectivity index (χ2v) is 7.14. The monoisotopic (exact) mass is 295 g/mol. The minimum absolute atomic E-state index is 0.164. The number of hydrogen-bond acceptors (Lipinski definition) is 4. The number of carbonyl (C=O) groups is 1. The third kappa shape index (κ3) is 4.91. The maximum Gasteiger partial charge on any atom is 0.310 e. The lowest BCUT2D eigenvalue weighted by Crippen LogP contribution is -2.26. The molecule has 0 bridgehead atoms. The number of methoxy groups -OCH3 is 1. The number of carbonyl (C=O) groups excluding carboxylic acids is 1. The average Bonchev–Trinajstić information content (AvgIpc) is 2.86. The molecule has 3 nitrogen and oxygen atoms in total. The summed E-state index contributed by atoms with van der Waals surface area (Å²) in [4.78, 5) is 13.6. The molecule has 0 spiro atoms. The molecule has 1 aromatic heterocycles. The molecule has 0 saturated heterocycles. The van der Waals surface area contributed by atoms with Crippen LogP contribution in [-0.2, 0) is 22.5 Å². The maximum atomic E-state index is 11.2. The Bertz CT molecular complexity index is 430. The second-order valence-electron chi connectivity index (χ2n) is 5.89. The minimum Gasteiger partial charge on any atom is -0.469 e. The molecule has 1 aliphatic carbocycles. The van der Waals surface area contributed by atoms with Gasteiger partial charge in [-0.15, -0.1) is 11.3 Å². The lowest BCUT2D eigenvalue weighted by Gasteiger charge is -2.26. The SMILES string of the molecule is COC(=O)Cc1ccc(CNCC2CCCC(C)C2)s1. The van der Waals surface area contributed by atoms with E-state index in [1.807, 2.05) is 6.07 Å². The Morgan fingerprint density at radius 3 is 2.95 bits per heavy atom. The molecule has 1 aromatic rings. The standard InChI is InChI=1S/C16H25NO2S/c1-12-4-3-5-13(8-12)10-17-11-15-7-6-14(20-15)9-16(18)19-2/h6-7,12-13,17H,3-5,8-11H2,1-2H3. The van der Waals surface area contributed by atoms with Gasteiger partial charge in [-0.3, -0.25) is 4.79 Å². The normalized spacial score (nSPS) is 22.7. The first-order valence-electron chi connectivity index (χ1n) is 7.52. The first-order valence-corrected chi connectivity index (χ1v) is 8.34. The third-order valence-corrected chi connectivity index (χ3v) is 5.13. The first kappa shape index (κ1) is 15.5.